The van der Waals surface area contributed by atoms with Crippen LogP contribution >= 0.6 is 0 Å². The van der Waals surface area contributed by atoms with E-state index in [0.29, 0.717) is 5.41 Å². The van der Waals surface area contributed by atoms with Crippen LogP contribution in [0.25, 0.3) is 0 Å². The van der Waals surface area contributed by atoms with Gasteiger partial charge in [-0.1, -0.05) is 34.1 Å². The molecule has 0 amide bonds. The van der Waals surface area contributed by atoms with E-state index in [4.69, 9.17) is 5.73 Å². The summed E-state index contributed by atoms with van der Waals surface area (Å²) in [6.45, 7) is 11.4. The quantitative estimate of drug-likeness (QED) is 0.781. The van der Waals surface area contributed by atoms with Crippen molar-refractivity contribution in [1.82, 2.24) is 4.90 Å². The van der Waals surface area contributed by atoms with Crippen LogP contribution < -0.4 is 5.73 Å². The zero-order valence-electron chi connectivity index (χ0n) is 11.8. The highest BCUT2D eigenvalue weighted by Gasteiger charge is 2.44. The number of likely N-dealkylation sites (N-methyl/N-ethyl adjacent to an activating group) is 1. The van der Waals surface area contributed by atoms with Gasteiger partial charge in [0.25, 0.3) is 0 Å². The summed E-state index contributed by atoms with van der Waals surface area (Å²) >= 11 is 0. The molecule has 2 heteroatoms. The molecule has 2 nitrogen and oxygen atoms in total. The molecule has 0 aromatic rings. The van der Waals surface area contributed by atoms with E-state index in [0.717, 1.165) is 12.5 Å². The zero-order valence-corrected chi connectivity index (χ0v) is 11.8. The van der Waals surface area contributed by atoms with E-state index in [1.807, 2.05) is 0 Å². The van der Waals surface area contributed by atoms with Crippen LogP contribution in [-0.2, 0) is 0 Å². The molecule has 1 rings (SSSR count). The van der Waals surface area contributed by atoms with E-state index >= 15 is 0 Å². The van der Waals surface area contributed by atoms with Crippen molar-refractivity contribution >= 4 is 0 Å². The van der Waals surface area contributed by atoms with Gasteiger partial charge in [0.15, 0.2) is 0 Å². The Morgan fingerprint density at radius 1 is 1.31 bits per heavy atom. The molecule has 16 heavy (non-hydrogen) atoms. The van der Waals surface area contributed by atoms with Crippen LogP contribution in [0.5, 0.6) is 0 Å². The van der Waals surface area contributed by atoms with Crippen LogP contribution in [0.2, 0.25) is 0 Å². The maximum Gasteiger partial charge on any atom is 0.0334 e. The third kappa shape index (κ3) is 2.98. The Labute approximate surface area is 102 Å². The second-order valence-corrected chi connectivity index (χ2v) is 6.66. The Kier molecular flexibility index (Phi) is 4.42. The van der Waals surface area contributed by atoms with Crippen LogP contribution in [0.3, 0.4) is 0 Å². The molecular weight excluding hydrogens is 196 g/mol. The first-order valence-electron chi connectivity index (χ1n) is 6.76. The maximum absolute atomic E-state index is 6.07. The fourth-order valence-electron chi connectivity index (χ4n) is 3.08. The topological polar surface area (TPSA) is 29.3 Å². The third-order valence-corrected chi connectivity index (χ3v) is 4.55. The van der Waals surface area contributed by atoms with Gasteiger partial charge in [0.2, 0.25) is 0 Å². The molecule has 1 saturated carbocycles. The van der Waals surface area contributed by atoms with Crippen molar-refractivity contribution in [1.29, 1.82) is 0 Å². The van der Waals surface area contributed by atoms with Crippen LogP contribution in [0, 0.1) is 11.3 Å². The second-order valence-electron chi connectivity index (χ2n) is 6.66. The summed E-state index contributed by atoms with van der Waals surface area (Å²) in [6, 6.07) is 0. The summed E-state index contributed by atoms with van der Waals surface area (Å²) in [5.74, 6) is 0.775. The highest BCUT2D eigenvalue weighted by Crippen LogP contribution is 2.45. The summed E-state index contributed by atoms with van der Waals surface area (Å²) in [7, 11) is 2.26. The molecule has 2 unspecified atom stereocenters. The van der Waals surface area contributed by atoms with Crippen molar-refractivity contribution in [2.24, 2.45) is 17.1 Å². The van der Waals surface area contributed by atoms with Crippen LogP contribution in [0.1, 0.15) is 53.4 Å². The van der Waals surface area contributed by atoms with Gasteiger partial charge < -0.3 is 5.73 Å². The predicted molar refractivity (Wildman–Crippen MR) is 71.5 cm³/mol. The van der Waals surface area contributed by atoms with Crippen molar-refractivity contribution in [2.45, 2.75) is 58.9 Å². The molecule has 0 aromatic heterocycles. The highest BCUT2D eigenvalue weighted by molar-refractivity contribution is 5.01. The van der Waals surface area contributed by atoms with Gasteiger partial charge in [0, 0.05) is 18.6 Å². The van der Waals surface area contributed by atoms with Crippen molar-refractivity contribution in [3.05, 3.63) is 0 Å². The van der Waals surface area contributed by atoms with Gasteiger partial charge in [0.05, 0.1) is 0 Å². The number of hydrogen-bond acceptors (Lipinski definition) is 2. The highest BCUT2D eigenvalue weighted by atomic mass is 15.2. The van der Waals surface area contributed by atoms with Crippen molar-refractivity contribution in [3.8, 4) is 0 Å². The van der Waals surface area contributed by atoms with Gasteiger partial charge in [-0.15, -0.1) is 0 Å². The lowest BCUT2D eigenvalue weighted by molar-refractivity contribution is 0.102. The van der Waals surface area contributed by atoms with Crippen LogP contribution in [0.4, 0.5) is 0 Å². The normalized spacial score (nSPS) is 30.9. The van der Waals surface area contributed by atoms with Crippen molar-refractivity contribution < 1.29 is 0 Å². The van der Waals surface area contributed by atoms with E-state index in [-0.39, 0.29) is 5.54 Å². The number of nitrogens with zero attached hydrogens (tertiary/aromatic N) is 1. The maximum atomic E-state index is 6.07. The third-order valence-electron chi connectivity index (χ3n) is 4.55. The minimum absolute atomic E-state index is 0.271. The van der Waals surface area contributed by atoms with E-state index in [1.54, 1.807) is 0 Å². The van der Waals surface area contributed by atoms with Crippen molar-refractivity contribution in [3.63, 3.8) is 0 Å². The predicted octanol–water partition coefficient (Wildman–Crippen LogP) is 2.87. The summed E-state index contributed by atoms with van der Waals surface area (Å²) in [4.78, 5) is 2.54. The standard InChI is InChI=1S/C14H30N2/c1-6-12(2)9-16(5)14(11-15)8-7-13(3,4)10-14/h12H,6-11,15H2,1-5H3. The van der Waals surface area contributed by atoms with E-state index in [1.165, 1.54) is 32.2 Å². The van der Waals surface area contributed by atoms with Gasteiger partial charge >= 0.3 is 0 Å². The molecule has 1 aliphatic rings. The molecule has 96 valence electrons. The average Bonchev–Trinajstić information content (AvgIpc) is 2.55. The summed E-state index contributed by atoms with van der Waals surface area (Å²) in [5, 5.41) is 0. The summed E-state index contributed by atoms with van der Waals surface area (Å²) in [5.41, 5.74) is 6.81. The van der Waals surface area contributed by atoms with E-state index < -0.39 is 0 Å². The Balaban J connectivity index is 2.67. The fraction of sp³-hybridized carbons (Fsp3) is 1.00. The summed E-state index contributed by atoms with van der Waals surface area (Å²) in [6.07, 6.45) is 5.09. The number of rotatable bonds is 5. The molecule has 2 N–H and O–H groups in total. The SMILES string of the molecule is CCC(C)CN(C)C1(CN)CCC(C)(C)C1. The lowest BCUT2D eigenvalue weighted by Crippen LogP contribution is -2.52. The molecule has 0 heterocycles. The Morgan fingerprint density at radius 3 is 2.31 bits per heavy atom. The van der Waals surface area contributed by atoms with E-state index in [9.17, 15) is 0 Å². The van der Waals surface area contributed by atoms with Gasteiger partial charge in [-0.2, -0.15) is 0 Å². The van der Waals surface area contributed by atoms with Gasteiger partial charge in [-0.25, -0.2) is 0 Å². The molecular formula is C14H30N2. The number of nitrogens with two attached hydrogens (primary N) is 1. The Bertz CT molecular complexity index is 225. The minimum Gasteiger partial charge on any atom is -0.329 e. The van der Waals surface area contributed by atoms with Crippen LogP contribution in [-0.4, -0.2) is 30.6 Å². The molecule has 0 aliphatic heterocycles. The monoisotopic (exact) mass is 226 g/mol. The minimum atomic E-state index is 0.271. The molecule has 0 saturated heterocycles. The molecule has 1 aliphatic carbocycles. The van der Waals surface area contributed by atoms with Crippen molar-refractivity contribution in [2.75, 3.05) is 20.1 Å². The lowest BCUT2D eigenvalue weighted by atomic mass is 9.86. The smallest absolute Gasteiger partial charge is 0.0334 e. The molecule has 2 atom stereocenters. The first-order valence-corrected chi connectivity index (χ1v) is 6.76. The lowest BCUT2D eigenvalue weighted by Gasteiger charge is -2.40. The Morgan fingerprint density at radius 2 is 1.94 bits per heavy atom. The van der Waals surface area contributed by atoms with Crippen LogP contribution in [0.15, 0.2) is 0 Å². The van der Waals surface area contributed by atoms with Gasteiger partial charge in [0.1, 0.15) is 0 Å². The van der Waals surface area contributed by atoms with E-state index in [2.05, 4.69) is 39.6 Å². The molecule has 0 spiro atoms. The zero-order chi connectivity index (χ0) is 12.4. The number of hydrogen-bond donors (Lipinski definition) is 1. The molecule has 0 aromatic carbocycles. The van der Waals surface area contributed by atoms with Gasteiger partial charge in [-0.05, 0) is 37.6 Å². The molecule has 0 bridgehead atoms. The summed E-state index contributed by atoms with van der Waals surface area (Å²) < 4.78 is 0. The first kappa shape index (κ1) is 14.0. The largest absolute Gasteiger partial charge is 0.329 e. The first-order chi connectivity index (χ1) is 7.35. The second kappa shape index (κ2) is 5.05. The molecule has 0 radical (unpaired) electrons. The average molecular weight is 226 g/mol. The molecule has 1 fully saturated rings. The van der Waals surface area contributed by atoms with Gasteiger partial charge in [-0.3, -0.25) is 4.90 Å². The fourth-order valence-corrected chi connectivity index (χ4v) is 3.08. The Hall–Kier alpha value is -0.0800.